The predicted octanol–water partition coefficient (Wildman–Crippen LogP) is -3.01. The van der Waals surface area contributed by atoms with Crippen LogP contribution < -0.4 is 0 Å². The number of hydrogen-bond acceptors (Lipinski definition) is 6. The molecule has 4 atom stereocenters. The van der Waals surface area contributed by atoms with E-state index < -0.39 is 37.0 Å². The highest BCUT2D eigenvalue weighted by molar-refractivity contribution is 5.85. The minimum atomic E-state index is -1.57. The standard InChI is InChI=1S/C6H10O6/c7-1-2(8)5-3(9)4(10)6(11)12-5/h3-7,9-11H,1H2. The molecule has 0 bridgehead atoms. The third-order valence-electron chi connectivity index (χ3n) is 1.71. The predicted molar refractivity (Wildman–Crippen MR) is 35.0 cm³/mol. The van der Waals surface area contributed by atoms with Gasteiger partial charge in [0.2, 0.25) is 0 Å². The van der Waals surface area contributed by atoms with Gasteiger partial charge in [0, 0.05) is 0 Å². The van der Waals surface area contributed by atoms with Gasteiger partial charge in [0.1, 0.15) is 24.9 Å². The summed E-state index contributed by atoms with van der Waals surface area (Å²) in [6.45, 7) is -0.791. The molecule has 70 valence electrons. The molecule has 0 aromatic carbocycles. The molecule has 0 aliphatic carbocycles. The normalized spacial score (nSPS) is 41.7. The Bertz CT molecular complexity index is 181. The largest absolute Gasteiger partial charge is 0.388 e. The Balaban J connectivity index is 2.64. The van der Waals surface area contributed by atoms with E-state index in [1.54, 1.807) is 0 Å². The Morgan fingerprint density at radius 3 is 2.17 bits per heavy atom. The number of rotatable bonds is 2. The van der Waals surface area contributed by atoms with E-state index in [-0.39, 0.29) is 0 Å². The summed E-state index contributed by atoms with van der Waals surface area (Å²) in [5, 5.41) is 35.2. The molecule has 1 fully saturated rings. The van der Waals surface area contributed by atoms with Crippen LogP contribution in [0.2, 0.25) is 0 Å². The summed E-state index contributed by atoms with van der Waals surface area (Å²) in [5.41, 5.74) is 0. The maximum atomic E-state index is 10.8. The average molecular weight is 178 g/mol. The van der Waals surface area contributed by atoms with Gasteiger partial charge in [0.15, 0.2) is 12.1 Å². The zero-order valence-corrected chi connectivity index (χ0v) is 6.12. The summed E-state index contributed by atoms with van der Waals surface area (Å²) in [5.74, 6) is -0.766. The van der Waals surface area contributed by atoms with E-state index in [1.807, 2.05) is 0 Å². The molecular formula is C6H10O6. The summed E-state index contributed by atoms with van der Waals surface area (Å²) < 4.78 is 4.48. The van der Waals surface area contributed by atoms with Crippen molar-refractivity contribution < 1.29 is 30.0 Å². The summed E-state index contributed by atoms with van der Waals surface area (Å²) in [4.78, 5) is 10.8. The minimum Gasteiger partial charge on any atom is -0.388 e. The van der Waals surface area contributed by atoms with Crippen molar-refractivity contribution in [1.82, 2.24) is 0 Å². The first-order valence-corrected chi connectivity index (χ1v) is 3.41. The second kappa shape index (κ2) is 3.46. The molecule has 0 aromatic heterocycles. The van der Waals surface area contributed by atoms with Crippen molar-refractivity contribution in [2.75, 3.05) is 6.61 Å². The lowest BCUT2D eigenvalue weighted by Crippen LogP contribution is -2.37. The smallest absolute Gasteiger partial charge is 0.189 e. The number of Topliss-reactive ketones (excluding diaryl/α,β-unsaturated/α-hetero) is 1. The van der Waals surface area contributed by atoms with Gasteiger partial charge in [0.05, 0.1) is 0 Å². The van der Waals surface area contributed by atoms with Gasteiger partial charge in [-0.25, -0.2) is 0 Å². The molecule has 12 heavy (non-hydrogen) atoms. The van der Waals surface area contributed by atoms with Crippen LogP contribution in [0.25, 0.3) is 0 Å². The van der Waals surface area contributed by atoms with Gasteiger partial charge in [0.25, 0.3) is 0 Å². The molecule has 1 rings (SSSR count). The van der Waals surface area contributed by atoms with Gasteiger partial charge >= 0.3 is 0 Å². The van der Waals surface area contributed by atoms with Gasteiger partial charge in [-0.05, 0) is 0 Å². The molecule has 1 aliphatic heterocycles. The molecule has 1 aliphatic rings. The van der Waals surface area contributed by atoms with Crippen LogP contribution in [0.15, 0.2) is 0 Å². The van der Waals surface area contributed by atoms with Crippen LogP contribution in [0.4, 0.5) is 0 Å². The monoisotopic (exact) mass is 178 g/mol. The van der Waals surface area contributed by atoms with Crippen molar-refractivity contribution in [2.45, 2.75) is 24.6 Å². The lowest BCUT2D eigenvalue weighted by molar-refractivity contribution is -0.151. The molecular weight excluding hydrogens is 168 g/mol. The van der Waals surface area contributed by atoms with Crippen LogP contribution >= 0.6 is 0 Å². The average Bonchev–Trinajstić information content (AvgIpc) is 2.32. The fourth-order valence-corrected chi connectivity index (χ4v) is 1.02. The van der Waals surface area contributed by atoms with E-state index in [9.17, 15) is 4.79 Å². The van der Waals surface area contributed by atoms with Crippen molar-refractivity contribution in [2.24, 2.45) is 0 Å². The number of carbonyl (C=O) groups excluding carboxylic acids is 1. The zero-order valence-electron chi connectivity index (χ0n) is 6.12. The highest BCUT2D eigenvalue weighted by Gasteiger charge is 2.44. The first-order chi connectivity index (χ1) is 5.57. The van der Waals surface area contributed by atoms with Crippen LogP contribution in [0.5, 0.6) is 0 Å². The SMILES string of the molecule is O=C(CO)C1OC(O)C(O)C1O. The molecule has 0 saturated carbocycles. The van der Waals surface area contributed by atoms with Crippen molar-refractivity contribution in [1.29, 1.82) is 0 Å². The Morgan fingerprint density at radius 2 is 1.83 bits per heavy atom. The van der Waals surface area contributed by atoms with Crippen molar-refractivity contribution in [3.8, 4) is 0 Å². The number of hydrogen-bond donors (Lipinski definition) is 4. The Morgan fingerprint density at radius 1 is 1.25 bits per heavy atom. The number of ether oxygens (including phenoxy) is 1. The van der Waals surface area contributed by atoms with Crippen LogP contribution in [-0.4, -0.2) is 57.4 Å². The van der Waals surface area contributed by atoms with Crippen LogP contribution in [0.3, 0.4) is 0 Å². The Kier molecular flexibility index (Phi) is 2.76. The van der Waals surface area contributed by atoms with E-state index >= 15 is 0 Å². The van der Waals surface area contributed by atoms with Crippen LogP contribution in [0.1, 0.15) is 0 Å². The fraction of sp³-hybridized carbons (Fsp3) is 0.833. The first kappa shape index (κ1) is 9.56. The third-order valence-corrected chi connectivity index (χ3v) is 1.71. The second-order valence-electron chi connectivity index (χ2n) is 2.55. The molecule has 0 aromatic rings. The van der Waals surface area contributed by atoms with Crippen molar-refractivity contribution in [3.63, 3.8) is 0 Å². The van der Waals surface area contributed by atoms with E-state index in [0.29, 0.717) is 0 Å². The molecule has 0 spiro atoms. The molecule has 1 heterocycles. The van der Waals surface area contributed by atoms with Gasteiger partial charge in [-0.1, -0.05) is 0 Å². The summed E-state index contributed by atoms with van der Waals surface area (Å²) in [7, 11) is 0. The van der Waals surface area contributed by atoms with Gasteiger partial charge in [-0.3, -0.25) is 4.79 Å². The Hall–Kier alpha value is -0.530. The van der Waals surface area contributed by atoms with E-state index in [2.05, 4.69) is 4.74 Å². The molecule has 1 saturated heterocycles. The molecule has 4 N–H and O–H groups in total. The summed E-state index contributed by atoms with van der Waals surface area (Å²) in [6, 6.07) is 0. The molecule has 6 heteroatoms. The van der Waals surface area contributed by atoms with Crippen molar-refractivity contribution in [3.05, 3.63) is 0 Å². The molecule has 6 nitrogen and oxygen atoms in total. The lowest BCUT2D eigenvalue weighted by Gasteiger charge is -2.10. The van der Waals surface area contributed by atoms with Gasteiger partial charge < -0.3 is 25.2 Å². The quantitative estimate of drug-likeness (QED) is 0.358. The maximum Gasteiger partial charge on any atom is 0.189 e. The highest BCUT2D eigenvalue weighted by atomic mass is 16.6. The van der Waals surface area contributed by atoms with Gasteiger partial charge in [-0.2, -0.15) is 0 Å². The Labute approximate surface area is 68.0 Å². The van der Waals surface area contributed by atoms with Crippen molar-refractivity contribution >= 4 is 5.78 Å². The zero-order chi connectivity index (χ0) is 9.30. The lowest BCUT2D eigenvalue weighted by atomic mass is 10.1. The fourth-order valence-electron chi connectivity index (χ4n) is 1.02. The molecule has 0 amide bonds. The topological polar surface area (TPSA) is 107 Å². The molecule has 4 unspecified atom stereocenters. The van der Waals surface area contributed by atoms with E-state index in [4.69, 9.17) is 20.4 Å². The molecule has 0 radical (unpaired) electrons. The highest BCUT2D eigenvalue weighted by Crippen LogP contribution is 2.19. The minimum absolute atomic E-state index is 0.766. The maximum absolute atomic E-state index is 10.8. The number of ketones is 1. The van der Waals surface area contributed by atoms with Crippen LogP contribution in [0, 0.1) is 0 Å². The second-order valence-corrected chi connectivity index (χ2v) is 2.55. The number of aliphatic hydroxyl groups is 4. The van der Waals surface area contributed by atoms with Crippen LogP contribution in [-0.2, 0) is 9.53 Å². The third kappa shape index (κ3) is 1.47. The van der Waals surface area contributed by atoms with E-state index in [0.717, 1.165) is 0 Å². The summed E-state index contributed by atoms with van der Waals surface area (Å²) in [6.07, 6.45) is -5.87. The first-order valence-electron chi connectivity index (χ1n) is 3.41. The number of carbonyl (C=O) groups is 1. The number of aliphatic hydroxyl groups excluding tert-OH is 4. The summed E-state index contributed by atoms with van der Waals surface area (Å²) >= 11 is 0. The van der Waals surface area contributed by atoms with E-state index in [1.165, 1.54) is 0 Å². The van der Waals surface area contributed by atoms with Gasteiger partial charge in [-0.15, -0.1) is 0 Å².